The number of furan rings is 1. The van der Waals surface area contributed by atoms with Gasteiger partial charge in [0.05, 0.1) is 5.57 Å². The highest BCUT2D eigenvalue weighted by Gasteiger charge is 2.46. The SMILES string of the molecule is Cc1ccc(C2C(C(=O)C(C)C)=C(O)C(=O)N2c2cccc(Cl)c2)o1. The van der Waals surface area contributed by atoms with Gasteiger partial charge in [-0.1, -0.05) is 31.5 Å². The minimum atomic E-state index is -0.824. The van der Waals surface area contributed by atoms with Crippen molar-refractivity contribution in [1.29, 1.82) is 0 Å². The van der Waals surface area contributed by atoms with Crippen LogP contribution < -0.4 is 4.90 Å². The number of anilines is 1. The van der Waals surface area contributed by atoms with Crippen molar-refractivity contribution in [3.8, 4) is 0 Å². The fraction of sp³-hybridized carbons (Fsp3) is 0.263. The summed E-state index contributed by atoms with van der Waals surface area (Å²) >= 11 is 6.05. The second-order valence-corrected chi connectivity index (χ2v) is 6.72. The number of hydrogen-bond donors (Lipinski definition) is 1. The Labute approximate surface area is 150 Å². The largest absolute Gasteiger partial charge is 0.503 e. The van der Waals surface area contributed by atoms with Gasteiger partial charge in [0.15, 0.2) is 11.5 Å². The van der Waals surface area contributed by atoms with Gasteiger partial charge in [-0.3, -0.25) is 14.5 Å². The molecule has 0 saturated carbocycles. The van der Waals surface area contributed by atoms with Gasteiger partial charge in [0.1, 0.15) is 17.6 Å². The third kappa shape index (κ3) is 2.96. The molecule has 1 atom stereocenters. The van der Waals surface area contributed by atoms with Crippen LogP contribution in [0.4, 0.5) is 5.69 Å². The van der Waals surface area contributed by atoms with Gasteiger partial charge in [-0.15, -0.1) is 0 Å². The van der Waals surface area contributed by atoms with Crippen LogP contribution in [-0.4, -0.2) is 16.8 Å². The fourth-order valence-corrected chi connectivity index (χ4v) is 3.11. The minimum absolute atomic E-state index is 0.0503. The Hall–Kier alpha value is -2.53. The monoisotopic (exact) mass is 359 g/mol. The van der Waals surface area contributed by atoms with Crippen molar-refractivity contribution >= 4 is 29.0 Å². The standard InChI is InChI=1S/C19H18ClNO4/c1-10(2)17(22)15-16(14-8-7-11(3)25-14)21(19(24)18(15)23)13-6-4-5-12(20)9-13/h4-10,16,23H,1-3H3. The molecule has 0 radical (unpaired) electrons. The summed E-state index contributed by atoms with van der Waals surface area (Å²) in [6.45, 7) is 5.22. The summed E-state index contributed by atoms with van der Waals surface area (Å²) in [5, 5.41) is 10.9. The zero-order valence-corrected chi connectivity index (χ0v) is 14.9. The van der Waals surface area contributed by atoms with E-state index in [1.54, 1.807) is 57.2 Å². The number of Topliss-reactive ketones (excluding diaryl/α,β-unsaturated/α-hetero) is 1. The normalized spacial score (nSPS) is 17.7. The zero-order chi connectivity index (χ0) is 18.3. The first-order chi connectivity index (χ1) is 11.8. The lowest BCUT2D eigenvalue weighted by molar-refractivity contribution is -0.119. The minimum Gasteiger partial charge on any atom is -0.503 e. The van der Waals surface area contributed by atoms with Gasteiger partial charge in [-0.2, -0.15) is 0 Å². The Bertz CT molecular complexity index is 881. The van der Waals surface area contributed by atoms with Gasteiger partial charge in [-0.05, 0) is 37.3 Å². The molecule has 3 rings (SSSR count). The van der Waals surface area contributed by atoms with E-state index in [0.29, 0.717) is 22.2 Å². The molecule has 1 unspecified atom stereocenters. The van der Waals surface area contributed by atoms with E-state index in [2.05, 4.69) is 0 Å². The lowest BCUT2D eigenvalue weighted by Crippen LogP contribution is -2.31. The molecule has 2 heterocycles. The Morgan fingerprint density at radius 1 is 1.28 bits per heavy atom. The van der Waals surface area contributed by atoms with Gasteiger partial charge >= 0.3 is 0 Å². The predicted octanol–water partition coefficient (Wildman–Crippen LogP) is 4.37. The van der Waals surface area contributed by atoms with Gasteiger partial charge < -0.3 is 9.52 Å². The molecule has 5 nitrogen and oxygen atoms in total. The summed E-state index contributed by atoms with van der Waals surface area (Å²) in [6.07, 6.45) is 0. The number of aliphatic hydroxyl groups is 1. The maximum Gasteiger partial charge on any atom is 0.294 e. The lowest BCUT2D eigenvalue weighted by atomic mass is 9.94. The van der Waals surface area contributed by atoms with Crippen LogP contribution >= 0.6 is 11.6 Å². The van der Waals surface area contributed by atoms with Gasteiger partial charge in [0, 0.05) is 16.6 Å². The molecule has 0 bridgehead atoms. The van der Waals surface area contributed by atoms with E-state index in [1.807, 2.05) is 0 Å². The molecule has 1 aliphatic heterocycles. The number of aliphatic hydroxyl groups excluding tert-OH is 1. The van der Waals surface area contributed by atoms with E-state index in [4.69, 9.17) is 16.0 Å². The molecule has 0 saturated heterocycles. The molecule has 0 fully saturated rings. The zero-order valence-electron chi connectivity index (χ0n) is 14.1. The first kappa shape index (κ1) is 17.3. The van der Waals surface area contributed by atoms with E-state index in [0.717, 1.165) is 0 Å². The fourth-order valence-electron chi connectivity index (χ4n) is 2.93. The number of carbonyl (C=O) groups excluding carboxylic acids is 2. The van der Waals surface area contributed by atoms with Crippen molar-refractivity contribution in [3.63, 3.8) is 0 Å². The number of hydrogen-bond acceptors (Lipinski definition) is 4. The van der Waals surface area contributed by atoms with Crippen molar-refractivity contribution < 1.29 is 19.1 Å². The van der Waals surface area contributed by atoms with Crippen LogP contribution in [0.2, 0.25) is 5.02 Å². The summed E-state index contributed by atoms with van der Waals surface area (Å²) in [5.41, 5.74) is 0.531. The van der Waals surface area contributed by atoms with Crippen LogP contribution in [0.15, 0.2) is 52.1 Å². The average molecular weight is 360 g/mol. The highest BCUT2D eigenvalue weighted by Crippen LogP contribution is 2.42. The summed E-state index contributed by atoms with van der Waals surface area (Å²) in [4.78, 5) is 26.7. The van der Waals surface area contributed by atoms with Crippen molar-refractivity contribution in [1.82, 2.24) is 0 Å². The molecular weight excluding hydrogens is 342 g/mol. The summed E-state index contributed by atoms with van der Waals surface area (Å²) < 4.78 is 5.68. The average Bonchev–Trinajstić information content (AvgIpc) is 3.09. The Kier molecular flexibility index (Phi) is 4.43. The topological polar surface area (TPSA) is 70.8 Å². The number of aryl methyl sites for hydroxylation is 1. The van der Waals surface area contributed by atoms with E-state index < -0.39 is 17.7 Å². The molecule has 2 aromatic rings. The predicted molar refractivity (Wildman–Crippen MR) is 94.6 cm³/mol. The van der Waals surface area contributed by atoms with Crippen molar-refractivity contribution in [2.75, 3.05) is 4.90 Å². The van der Waals surface area contributed by atoms with Gasteiger partial charge in [0.2, 0.25) is 0 Å². The number of nitrogens with zero attached hydrogens (tertiary/aromatic N) is 1. The smallest absolute Gasteiger partial charge is 0.294 e. The lowest BCUT2D eigenvalue weighted by Gasteiger charge is -2.25. The molecule has 25 heavy (non-hydrogen) atoms. The second-order valence-electron chi connectivity index (χ2n) is 6.29. The number of ketones is 1. The number of rotatable bonds is 4. The maximum absolute atomic E-state index is 12.7. The molecule has 1 aromatic carbocycles. The van der Waals surface area contributed by atoms with E-state index in [-0.39, 0.29) is 17.3 Å². The quantitative estimate of drug-likeness (QED) is 0.880. The Morgan fingerprint density at radius 2 is 2.00 bits per heavy atom. The molecule has 1 N–H and O–H groups in total. The van der Waals surface area contributed by atoms with Crippen LogP contribution in [-0.2, 0) is 9.59 Å². The molecule has 0 aliphatic carbocycles. The number of halogens is 1. The molecular formula is C19H18ClNO4. The summed E-state index contributed by atoms with van der Waals surface area (Å²) in [5.74, 6) is -0.796. The highest BCUT2D eigenvalue weighted by molar-refractivity contribution is 6.31. The second kappa shape index (κ2) is 6.41. The van der Waals surface area contributed by atoms with Crippen molar-refractivity contribution in [2.24, 2.45) is 5.92 Å². The molecule has 6 heteroatoms. The first-order valence-electron chi connectivity index (χ1n) is 7.94. The third-order valence-electron chi connectivity index (χ3n) is 4.11. The molecule has 1 amide bonds. The van der Waals surface area contributed by atoms with E-state index in [9.17, 15) is 14.7 Å². The highest BCUT2D eigenvalue weighted by atomic mass is 35.5. The molecule has 1 aliphatic rings. The van der Waals surface area contributed by atoms with E-state index in [1.165, 1.54) is 4.90 Å². The third-order valence-corrected chi connectivity index (χ3v) is 4.35. The maximum atomic E-state index is 12.7. The number of amides is 1. The van der Waals surface area contributed by atoms with E-state index >= 15 is 0 Å². The first-order valence-corrected chi connectivity index (χ1v) is 8.32. The summed E-state index contributed by atoms with van der Waals surface area (Å²) in [6, 6.07) is 9.33. The van der Waals surface area contributed by atoms with Crippen LogP contribution in [0.1, 0.15) is 31.4 Å². The Balaban J connectivity index is 2.18. The summed E-state index contributed by atoms with van der Waals surface area (Å²) in [7, 11) is 0. The van der Waals surface area contributed by atoms with Crippen molar-refractivity contribution in [3.05, 3.63) is 64.3 Å². The van der Waals surface area contributed by atoms with Crippen LogP contribution in [0.3, 0.4) is 0 Å². The molecule has 130 valence electrons. The molecule has 1 aromatic heterocycles. The van der Waals surface area contributed by atoms with Gasteiger partial charge in [0.25, 0.3) is 5.91 Å². The molecule has 0 spiro atoms. The van der Waals surface area contributed by atoms with Crippen molar-refractivity contribution in [2.45, 2.75) is 26.8 Å². The Morgan fingerprint density at radius 3 is 2.56 bits per heavy atom. The van der Waals surface area contributed by atoms with Crippen LogP contribution in [0.25, 0.3) is 0 Å². The number of benzene rings is 1. The number of carbonyl (C=O) groups is 2. The van der Waals surface area contributed by atoms with Gasteiger partial charge in [-0.25, -0.2) is 0 Å². The van der Waals surface area contributed by atoms with Crippen LogP contribution in [0, 0.1) is 12.8 Å². The van der Waals surface area contributed by atoms with Crippen LogP contribution in [0.5, 0.6) is 0 Å².